The first kappa shape index (κ1) is 21.7. The standard InChI is InChI=1S/C27H30N2OS/c1-19(2)28(20(3)4)18-17-21-13-10-16-25-26(21)29(23-14-8-9-15-24(23)31-25)27(30)22-11-6-5-7-12-22/h5-16,19-20H,17-18H2,1-4H3. The number of hydrogen-bond donors (Lipinski definition) is 0. The molecule has 4 rings (SSSR count). The number of hydrogen-bond acceptors (Lipinski definition) is 3. The molecule has 1 aliphatic heterocycles. The van der Waals surface area contributed by atoms with E-state index in [1.165, 1.54) is 5.56 Å². The second-order valence-corrected chi connectivity index (χ2v) is 9.60. The number of rotatable bonds is 6. The molecule has 0 saturated heterocycles. The lowest BCUT2D eigenvalue weighted by molar-refractivity contribution is 0.0998. The molecule has 1 amide bonds. The van der Waals surface area contributed by atoms with Gasteiger partial charge in [0.2, 0.25) is 0 Å². The van der Waals surface area contributed by atoms with Crippen molar-refractivity contribution in [2.75, 3.05) is 11.4 Å². The van der Waals surface area contributed by atoms with Gasteiger partial charge in [0.15, 0.2) is 0 Å². The zero-order valence-electron chi connectivity index (χ0n) is 18.7. The molecule has 3 aromatic rings. The molecule has 1 heterocycles. The van der Waals surface area contributed by atoms with Gasteiger partial charge >= 0.3 is 0 Å². The average molecular weight is 431 g/mol. The molecule has 0 N–H and O–H groups in total. The summed E-state index contributed by atoms with van der Waals surface area (Å²) >= 11 is 1.75. The second-order valence-electron chi connectivity index (χ2n) is 8.52. The molecule has 0 fully saturated rings. The summed E-state index contributed by atoms with van der Waals surface area (Å²) in [4.78, 5) is 20.4. The SMILES string of the molecule is CC(C)N(CCc1cccc2c1N(C(=O)c1ccccc1)c1ccccc1S2)C(C)C. The van der Waals surface area contributed by atoms with Gasteiger partial charge < -0.3 is 0 Å². The molecule has 0 unspecified atom stereocenters. The van der Waals surface area contributed by atoms with E-state index >= 15 is 0 Å². The van der Waals surface area contributed by atoms with Gasteiger partial charge in [-0.15, -0.1) is 0 Å². The first-order valence-corrected chi connectivity index (χ1v) is 11.8. The molecule has 3 nitrogen and oxygen atoms in total. The van der Waals surface area contributed by atoms with Crippen molar-refractivity contribution in [3.05, 3.63) is 83.9 Å². The third-order valence-electron chi connectivity index (χ3n) is 5.82. The minimum absolute atomic E-state index is 0.0200. The summed E-state index contributed by atoms with van der Waals surface area (Å²) in [6.07, 6.45) is 0.904. The van der Waals surface area contributed by atoms with Gasteiger partial charge in [0.1, 0.15) is 0 Å². The maximum absolute atomic E-state index is 13.7. The summed E-state index contributed by atoms with van der Waals surface area (Å²) in [5, 5.41) is 0. The molecule has 160 valence electrons. The van der Waals surface area contributed by atoms with Crippen LogP contribution in [0.15, 0.2) is 82.6 Å². The average Bonchev–Trinajstić information content (AvgIpc) is 2.77. The Morgan fingerprint density at radius 3 is 2.19 bits per heavy atom. The van der Waals surface area contributed by atoms with Gasteiger partial charge in [0.25, 0.3) is 5.91 Å². The van der Waals surface area contributed by atoms with Crippen LogP contribution in [0.4, 0.5) is 11.4 Å². The van der Waals surface area contributed by atoms with Gasteiger partial charge in [0, 0.05) is 34.0 Å². The van der Waals surface area contributed by atoms with Crippen LogP contribution in [0, 0.1) is 0 Å². The zero-order chi connectivity index (χ0) is 22.0. The molecule has 0 spiro atoms. The highest BCUT2D eigenvalue weighted by molar-refractivity contribution is 7.99. The predicted octanol–water partition coefficient (Wildman–Crippen LogP) is 6.79. The number of carbonyl (C=O) groups excluding carboxylic acids is 1. The highest BCUT2D eigenvalue weighted by Gasteiger charge is 2.31. The monoisotopic (exact) mass is 430 g/mol. The van der Waals surface area contributed by atoms with Crippen LogP contribution in [0.2, 0.25) is 0 Å². The van der Waals surface area contributed by atoms with E-state index in [9.17, 15) is 4.79 Å². The molecule has 0 radical (unpaired) electrons. The Hall–Kier alpha value is -2.56. The van der Waals surface area contributed by atoms with Crippen molar-refractivity contribution in [3.63, 3.8) is 0 Å². The fourth-order valence-corrected chi connectivity index (χ4v) is 5.47. The quantitative estimate of drug-likeness (QED) is 0.430. The number of fused-ring (bicyclic) bond motifs is 2. The topological polar surface area (TPSA) is 23.6 Å². The minimum Gasteiger partial charge on any atom is -0.298 e. The van der Waals surface area contributed by atoms with Gasteiger partial charge in [0.05, 0.1) is 11.4 Å². The summed E-state index contributed by atoms with van der Waals surface area (Å²) in [5.41, 5.74) is 3.92. The minimum atomic E-state index is 0.0200. The van der Waals surface area contributed by atoms with Gasteiger partial charge in [-0.2, -0.15) is 0 Å². The molecule has 0 atom stereocenters. The highest BCUT2D eigenvalue weighted by Crippen LogP contribution is 2.50. The van der Waals surface area contributed by atoms with Crippen molar-refractivity contribution in [1.82, 2.24) is 4.90 Å². The lowest BCUT2D eigenvalue weighted by Gasteiger charge is -2.34. The Bertz CT molecular complexity index is 1050. The van der Waals surface area contributed by atoms with Crippen LogP contribution in [0.5, 0.6) is 0 Å². The largest absolute Gasteiger partial charge is 0.298 e. The first-order chi connectivity index (χ1) is 15.0. The van der Waals surface area contributed by atoms with Gasteiger partial charge in [-0.05, 0) is 70.0 Å². The summed E-state index contributed by atoms with van der Waals surface area (Å²) in [6, 6.07) is 25.2. The summed E-state index contributed by atoms with van der Waals surface area (Å²) < 4.78 is 0. The Labute approximate surface area is 190 Å². The third kappa shape index (κ3) is 4.41. The fraction of sp³-hybridized carbons (Fsp3) is 0.296. The maximum atomic E-state index is 13.7. The second kappa shape index (κ2) is 9.29. The number of anilines is 2. The van der Waals surface area contributed by atoms with Crippen LogP contribution >= 0.6 is 11.8 Å². The normalized spacial score (nSPS) is 12.9. The van der Waals surface area contributed by atoms with E-state index in [0.717, 1.165) is 34.1 Å². The number of nitrogens with zero attached hydrogens (tertiary/aromatic N) is 2. The van der Waals surface area contributed by atoms with Crippen LogP contribution in [0.1, 0.15) is 43.6 Å². The molecule has 0 aliphatic carbocycles. The van der Waals surface area contributed by atoms with Crippen molar-refractivity contribution < 1.29 is 4.79 Å². The van der Waals surface area contributed by atoms with E-state index in [2.05, 4.69) is 62.9 Å². The lowest BCUT2D eigenvalue weighted by atomic mass is 10.0. The predicted molar refractivity (Wildman–Crippen MR) is 131 cm³/mol. The molecule has 1 aliphatic rings. The van der Waals surface area contributed by atoms with Crippen molar-refractivity contribution in [3.8, 4) is 0 Å². The number of benzene rings is 3. The van der Waals surface area contributed by atoms with E-state index in [0.29, 0.717) is 17.6 Å². The van der Waals surface area contributed by atoms with Crippen molar-refractivity contribution in [2.45, 2.75) is 56.0 Å². The Balaban J connectivity index is 1.77. The molecule has 31 heavy (non-hydrogen) atoms. The van der Waals surface area contributed by atoms with E-state index in [1.807, 2.05) is 47.4 Å². The van der Waals surface area contributed by atoms with E-state index < -0.39 is 0 Å². The molecule has 0 aromatic heterocycles. The molecule has 4 heteroatoms. The molecular weight excluding hydrogens is 400 g/mol. The Morgan fingerprint density at radius 1 is 0.839 bits per heavy atom. The summed E-state index contributed by atoms with van der Waals surface area (Å²) in [6.45, 7) is 9.95. The van der Waals surface area contributed by atoms with E-state index in [-0.39, 0.29) is 5.91 Å². The molecule has 0 saturated carbocycles. The molecule has 0 bridgehead atoms. The highest BCUT2D eigenvalue weighted by atomic mass is 32.2. The van der Waals surface area contributed by atoms with Crippen LogP contribution in [0.25, 0.3) is 0 Å². The Kier molecular flexibility index (Phi) is 6.49. The summed E-state index contributed by atoms with van der Waals surface area (Å²) in [7, 11) is 0. The van der Waals surface area contributed by atoms with Crippen LogP contribution < -0.4 is 4.90 Å². The zero-order valence-corrected chi connectivity index (χ0v) is 19.5. The van der Waals surface area contributed by atoms with Crippen molar-refractivity contribution in [1.29, 1.82) is 0 Å². The van der Waals surface area contributed by atoms with E-state index in [4.69, 9.17) is 0 Å². The molecule has 3 aromatic carbocycles. The molecular formula is C27H30N2OS. The van der Waals surface area contributed by atoms with E-state index in [1.54, 1.807) is 11.8 Å². The van der Waals surface area contributed by atoms with Crippen molar-refractivity contribution >= 4 is 29.0 Å². The number of para-hydroxylation sites is 2. The van der Waals surface area contributed by atoms with Gasteiger partial charge in [-0.25, -0.2) is 0 Å². The van der Waals surface area contributed by atoms with Gasteiger partial charge in [-0.3, -0.25) is 14.6 Å². The van der Waals surface area contributed by atoms with Crippen LogP contribution in [0.3, 0.4) is 0 Å². The number of carbonyl (C=O) groups is 1. The number of amides is 1. The van der Waals surface area contributed by atoms with Gasteiger partial charge in [-0.1, -0.05) is 54.2 Å². The Morgan fingerprint density at radius 2 is 1.48 bits per heavy atom. The van der Waals surface area contributed by atoms with Crippen LogP contribution in [-0.4, -0.2) is 29.4 Å². The van der Waals surface area contributed by atoms with Crippen molar-refractivity contribution in [2.24, 2.45) is 0 Å². The lowest BCUT2D eigenvalue weighted by Crippen LogP contribution is -2.38. The first-order valence-electron chi connectivity index (χ1n) is 11.0. The summed E-state index contributed by atoms with van der Waals surface area (Å²) in [5.74, 6) is 0.0200. The van der Waals surface area contributed by atoms with Crippen LogP contribution in [-0.2, 0) is 6.42 Å². The third-order valence-corrected chi connectivity index (χ3v) is 6.94. The maximum Gasteiger partial charge on any atom is 0.262 e. The fourth-order valence-electron chi connectivity index (χ4n) is 4.36. The smallest absolute Gasteiger partial charge is 0.262 e.